The van der Waals surface area contributed by atoms with Gasteiger partial charge >= 0.3 is 0 Å². The van der Waals surface area contributed by atoms with Crippen molar-refractivity contribution < 1.29 is 0 Å². The van der Waals surface area contributed by atoms with Gasteiger partial charge in [-0.25, -0.2) is 4.68 Å². The molecule has 16 heavy (non-hydrogen) atoms. The topological polar surface area (TPSA) is 43.8 Å². The summed E-state index contributed by atoms with van der Waals surface area (Å²) in [6.45, 7) is 6.68. The van der Waals surface area contributed by atoms with Crippen molar-refractivity contribution in [1.29, 1.82) is 0 Å². The molecule has 0 radical (unpaired) electrons. The van der Waals surface area contributed by atoms with Crippen LogP contribution >= 0.6 is 22.6 Å². The third-order valence-corrected chi connectivity index (χ3v) is 5.11. The number of halogens is 1. The molecular formula is C12H20IN3. The highest BCUT2D eigenvalue weighted by atomic mass is 127. The second kappa shape index (κ2) is 4.55. The average Bonchev–Trinajstić information content (AvgIpc) is 2.50. The molecule has 0 aliphatic heterocycles. The largest absolute Gasteiger partial charge is 0.383 e. The lowest BCUT2D eigenvalue weighted by Gasteiger charge is -2.33. The molecule has 1 saturated carbocycles. The van der Waals surface area contributed by atoms with E-state index in [2.05, 4.69) is 46.2 Å². The molecule has 1 aromatic rings. The van der Waals surface area contributed by atoms with Gasteiger partial charge in [-0.1, -0.05) is 20.3 Å². The standard InChI is InChI=1S/C12H20IN3/c1-7-4-5-8(2)10(6-7)16-12(14)11(13)9(3)15-16/h7-8,10H,4-6,14H2,1-3H3. The first-order valence-electron chi connectivity index (χ1n) is 6.00. The number of rotatable bonds is 1. The monoisotopic (exact) mass is 333 g/mol. The van der Waals surface area contributed by atoms with Gasteiger partial charge in [0.2, 0.25) is 0 Å². The minimum absolute atomic E-state index is 0.492. The maximum Gasteiger partial charge on any atom is 0.135 e. The van der Waals surface area contributed by atoms with Crippen LogP contribution < -0.4 is 5.73 Å². The molecule has 2 N–H and O–H groups in total. The molecule has 3 atom stereocenters. The maximum absolute atomic E-state index is 6.13. The van der Waals surface area contributed by atoms with Gasteiger partial charge in [0.05, 0.1) is 15.3 Å². The van der Waals surface area contributed by atoms with Gasteiger partial charge in [-0.05, 0) is 54.2 Å². The SMILES string of the molecule is Cc1nn(C2CC(C)CCC2C)c(N)c1I. The van der Waals surface area contributed by atoms with Gasteiger partial charge in [0.25, 0.3) is 0 Å². The molecule has 1 aliphatic rings. The summed E-state index contributed by atoms with van der Waals surface area (Å²) in [4.78, 5) is 0. The lowest BCUT2D eigenvalue weighted by Crippen LogP contribution is -2.26. The summed E-state index contributed by atoms with van der Waals surface area (Å²) < 4.78 is 3.18. The average molecular weight is 333 g/mol. The second-order valence-corrected chi connectivity index (χ2v) is 6.27. The molecule has 1 aliphatic carbocycles. The Balaban J connectivity index is 2.31. The first-order chi connectivity index (χ1) is 7.50. The summed E-state index contributed by atoms with van der Waals surface area (Å²) in [5, 5.41) is 4.60. The minimum atomic E-state index is 0.492. The zero-order valence-electron chi connectivity index (χ0n) is 10.2. The maximum atomic E-state index is 6.13. The quantitative estimate of drug-likeness (QED) is 0.801. The molecule has 90 valence electrons. The Bertz CT molecular complexity index is 386. The molecule has 2 rings (SSSR count). The van der Waals surface area contributed by atoms with Crippen LogP contribution in [0.2, 0.25) is 0 Å². The van der Waals surface area contributed by atoms with Crippen LogP contribution in [0.3, 0.4) is 0 Å². The predicted molar refractivity (Wildman–Crippen MR) is 75.3 cm³/mol. The van der Waals surface area contributed by atoms with E-state index >= 15 is 0 Å². The second-order valence-electron chi connectivity index (χ2n) is 5.19. The Kier molecular flexibility index (Phi) is 3.47. The predicted octanol–water partition coefficient (Wildman–Crippen LogP) is 3.38. The van der Waals surface area contributed by atoms with E-state index in [0.29, 0.717) is 12.0 Å². The minimum Gasteiger partial charge on any atom is -0.383 e. The van der Waals surface area contributed by atoms with Crippen molar-refractivity contribution in [2.24, 2.45) is 11.8 Å². The molecule has 0 saturated heterocycles. The van der Waals surface area contributed by atoms with Gasteiger partial charge in [0, 0.05) is 0 Å². The summed E-state index contributed by atoms with van der Waals surface area (Å²) in [5.74, 6) is 2.33. The van der Waals surface area contributed by atoms with Gasteiger partial charge in [0.15, 0.2) is 0 Å². The fraction of sp³-hybridized carbons (Fsp3) is 0.750. The molecule has 1 heterocycles. The first kappa shape index (κ1) is 12.2. The summed E-state index contributed by atoms with van der Waals surface area (Å²) in [7, 11) is 0. The lowest BCUT2D eigenvalue weighted by molar-refractivity contribution is 0.196. The zero-order valence-corrected chi connectivity index (χ0v) is 12.4. The molecule has 1 fully saturated rings. The molecule has 3 nitrogen and oxygen atoms in total. The van der Waals surface area contributed by atoms with Crippen molar-refractivity contribution in [2.45, 2.75) is 46.1 Å². The third-order valence-electron chi connectivity index (χ3n) is 3.78. The van der Waals surface area contributed by atoms with Crippen LogP contribution in [0.15, 0.2) is 0 Å². The van der Waals surface area contributed by atoms with E-state index in [1.165, 1.54) is 19.3 Å². The van der Waals surface area contributed by atoms with Crippen LogP contribution in [0.4, 0.5) is 5.82 Å². The van der Waals surface area contributed by atoms with Crippen LogP contribution in [0.5, 0.6) is 0 Å². The fourth-order valence-corrected chi connectivity index (χ4v) is 3.00. The number of nitrogen functional groups attached to an aromatic ring is 1. The van der Waals surface area contributed by atoms with E-state index in [0.717, 1.165) is 21.0 Å². The van der Waals surface area contributed by atoms with Crippen molar-refractivity contribution in [1.82, 2.24) is 9.78 Å². The van der Waals surface area contributed by atoms with Crippen LogP contribution in [-0.4, -0.2) is 9.78 Å². The van der Waals surface area contributed by atoms with Crippen LogP contribution in [-0.2, 0) is 0 Å². The van der Waals surface area contributed by atoms with Crippen molar-refractivity contribution >= 4 is 28.4 Å². The highest BCUT2D eigenvalue weighted by molar-refractivity contribution is 14.1. The summed E-state index contributed by atoms with van der Waals surface area (Å²) >= 11 is 2.29. The highest BCUT2D eigenvalue weighted by Gasteiger charge is 2.29. The molecule has 4 heteroatoms. The Morgan fingerprint density at radius 3 is 2.62 bits per heavy atom. The van der Waals surface area contributed by atoms with E-state index in [1.54, 1.807) is 0 Å². The molecule has 0 amide bonds. The number of hydrogen-bond donors (Lipinski definition) is 1. The van der Waals surface area contributed by atoms with Gasteiger partial charge in [-0.15, -0.1) is 0 Å². The zero-order chi connectivity index (χ0) is 11.9. The molecule has 1 aromatic heterocycles. The number of nitrogens with zero attached hydrogens (tertiary/aromatic N) is 2. The van der Waals surface area contributed by atoms with Crippen molar-refractivity contribution in [3.63, 3.8) is 0 Å². The normalized spacial score (nSPS) is 30.6. The Morgan fingerprint density at radius 2 is 2.06 bits per heavy atom. The molecule has 3 unspecified atom stereocenters. The number of hydrogen-bond acceptors (Lipinski definition) is 2. The van der Waals surface area contributed by atoms with E-state index in [-0.39, 0.29) is 0 Å². The summed E-state index contributed by atoms with van der Waals surface area (Å²) in [6.07, 6.45) is 3.85. The van der Waals surface area contributed by atoms with Crippen molar-refractivity contribution in [3.8, 4) is 0 Å². The lowest BCUT2D eigenvalue weighted by atomic mass is 9.80. The molecule has 0 spiro atoms. The van der Waals surface area contributed by atoms with Gasteiger partial charge in [-0.2, -0.15) is 5.10 Å². The molecule has 0 bridgehead atoms. The number of nitrogens with two attached hydrogens (primary N) is 1. The van der Waals surface area contributed by atoms with E-state index in [9.17, 15) is 0 Å². The Labute approximate surface area is 111 Å². The highest BCUT2D eigenvalue weighted by Crippen LogP contribution is 2.38. The van der Waals surface area contributed by atoms with Crippen molar-refractivity contribution in [2.75, 3.05) is 5.73 Å². The van der Waals surface area contributed by atoms with E-state index in [4.69, 9.17) is 5.73 Å². The Hall–Kier alpha value is -0.260. The van der Waals surface area contributed by atoms with Crippen LogP contribution in [0, 0.1) is 22.3 Å². The third kappa shape index (κ3) is 2.08. The summed E-state index contributed by atoms with van der Waals surface area (Å²) in [6, 6.07) is 0.492. The van der Waals surface area contributed by atoms with E-state index < -0.39 is 0 Å². The van der Waals surface area contributed by atoms with Crippen LogP contribution in [0.25, 0.3) is 0 Å². The van der Waals surface area contributed by atoms with Gasteiger partial charge < -0.3 is 5.73 Å². The number of aromatic nitrogens is 2. The summed E-state index contributed by atoms with van der Waals surface area (Å²) in [5.41, 5.74) is 7.19. The molecular weight excluding hydrogens is 313 g/mol. The number of anilines is 1. The van der Waals surface area contributed by atoms with E-state index in [1.807, 2.05) is 6.92 Å². The Morgan fingerprint density at radius 1 is 1.38 bits per heavy atom. The molecule has 0 aromatic carbocycles. The first-order valence-corrected chi connectivity index (χ1v) is 7.08. The van der Waals surface area contributed by atoms with Gasteiger partial charge in [-0.3, -0.25) is 0 Å². The smallest absolute Gasteiger partial charge is 0.135 e. The number of aryl methyl sites for hydroxylation is 1. The van der Waals surface area contributed by atoms with Crippen molar-refractivity contribution in [3.05, 3.63) is 9.26 Å². The van der Waals surface area contributed by atoms with Crippen LogP contribution in [0.1, 0.15) is 44.8 Å². The van der Waals surface area contributed by atoms with Gasteiger partial charge in [0.1, 0.15) is 5.82 Å². The fourth-order valence-electron chi connectivity index (χ4n) is 2.64.